The summed E-state index contributed by atoms with van der Waals surface area (Å²) < 4.78 is 14.0. The van der Waals surface area contributed by atoms with Gasteiger partial charge in [-0.25, -0.2) is 14.2 Å². The summed E-state index contributed by atoms with van der Waals surface area (Å²) in [6.45, 7) is 1.80. The first-order valence-corrected chi connectivity index (χ1v) is 6.92. The van der Waals surface area contributed by atoms with Crippen LogP contribution < -0.4 is 5.32 Å². The smallest absolute Gasteiger partial charge is 0.410 e. The third-order valence-electron chi connectivity index (χ3n) is 2.57. The molecule has 0 saturated heterocycles. The van der Waals surface area contributed by atoms with Gasteiger partial charge in [0.05, 0.1) is 4.75 Å². The lowest BCUT2D eigenvalue weighted by atomic mass is 9.99. The molecule has 0 aromatic heterocycles. The van der Waals surface area contributed by atoms with Gasteiger partial charge in [-0.15, -0.1) is 0 Å². The molecule has 0 fully saturated rings. The van der Waals surface area contributed by atoms with Crippen molar-refractivity contribution in [3.05, 3.63) is 46.3 Å². The topological polar surface area (TPSA) is 61.7 Å². The fraction of sp³-hybridized carbons (Fsp3) is 0.167. The number of thioether (sulfide) groups is 1. The number of nitrogens with one attached hydrogen (secondary N) is 1. The molecule has 2 N–H and O–H groups in total. The normalized spacial score (nSPS) is 21.9. The van der Waals surface area contributed by atoms with Crippen molar-refractivity contribution in [1.29, 1.82) is 0 Å². The molecule has 1 amide bonds. The van der Waals surface area contributed by atoms with Gasteiger partial charge in [0.2, 0.25) is 0 Å². The summed E-state index contributed by atoms with van der Waals surface area (Å²) in [5.74, 6) is -0.348. The molecule has 7 heteroatoms. The molecular formula is C12H10BrFN2O2S. The second-order valence-corrected chi connectivity index (χ2v) is 6.37. The molecule has 1 heterocycles. The summed E-state index contributed by atoms with van der Waals surface area (Å²) in [6.07, 6.45) is 2.01. The van der Waals surface area contributed by atoms with Crippen LogP contribution in [0.4, 0.5) is 9.18 Å². The molecule has 0 radical (unpaired) electrons. The van der Waals surface area contributed by atoms with E-state index in [1.165, 1.54) is 12.3 Å². The summed E-state index contributed by atoms with van der Waals surface area (Å²) in [7, 11) is 0. The van der Waals surface area contributed by atoms with Crippen molar-refractivity contribution in [2.75, 3.05) is 0 Å². The Morgan fingerprint density at radius 1 is 1.58 bits per heavy atom. The van der Waals surface area contributed by atoms with Gasteiger partial charge in [-0.1, -0.05) is 27.7 Å². The Morgan fingerprint density at radius 2 is 2.32 bits per heavy atom. The molecular weight excluding hydrogens is 335 g/mol. The number of amides is 1. The van der Waals surface area contributed by atoms with Crippen LogP contribution in [-0.4, -0.2) is 16.4 Å². The Morgan fingerprint density at radius 3 is 3.00 bits per heavy atom. The minimum absolute atomic E-state index is 0.219. The molecule has 0 saturated carbocycles. The van der Waals surface area contributed by atoms with E-state index in [1.807, 2.05) is 0 Å². The van der Waals surface area contributed by atoms with Gasteiger partial charge in [0, 0.05) is 16.2 Å². The maximum atomic E-state index is 13.9. The lowest BCUT2D eigenvalue weighted by Crippen LogP contribution is -2.32. The maximum Gasteiger partial charge on any atom is 0.410 e. The number of benzene rings is 1. The Kier molecular flexibility index (Phi) is 3.96. The van der Waals surface area contributed by atoms with Gasteiger partial charge in [0.25, 0.3) is 0 Å². The van der Waals surface area contributed by atoms with Gasteiger partial charge in [0.1, 0.15) is 5.82 Å². The van der Waals surface area contributed by atoms with E-state index >= 15 is 0 Å². The first-order chi connectivity index (χ1) is 8.90. The molecule has 1 aliphatic heterocycles. The zero-order valence-electron chi connectivity index (χ0n) is 9.85. The quantitative estimate of drug-likeness (QED) is 0.816. The van der Waals surface area contributed by atoms with E-state index in [1.54, 1.807) is 25.1 Å². The minimum Gasteiger partial charge on any atom is -0.465 e. The predicted molar refractivity (Wildman–Crippen MR) is 76.8 cm³/mol. The Bertz CT molecular complexity index is 591. The number of rotatable bonds is 1. The molecule has 1 aliphatic rings. The van der Waals surface area contributed by atoms with Crippen molar-refractivity contribution in [1.82, 2.24) is 5.32 Å². The van der Waals surface area contributed by atoms with Gasteiger partial charge in [0.15, 0.2) is 5.17 Å². The van der Waals surface area contributed by atoms with Gasteiger partial charge in [-0.05, 0) is 31.2 Å². The number of hydrogen-bond donors (Lipinski definition) is 2. The SMILES string of the molecule is CC1(c2cc(Br)ccc2F)C=CN=C(NC(=O)O)S1. The predicted octanol–water partition coefficient (Wildman–Crippen LogP) is 3.69. The summed E-state index contributed by atoms with van der Waals surface area (Å²) in [4.78, 5) is 14.5. The molecule has 1 aromatic carbocycles. The molecule has 1 atom stereocenters. The van der Waals surface area contributed by atoms with Crippen molar-refractivity contribution in [2.24, 2.45) is 4.99 Å². The van der Waals surface area contributed by atoms with E-state index < -0.39 is 10.8 Å². The van der Waals surface area contributed by atoms with Crippen LogP contribution in [-0.2, 0) is 4.75 Å². The second kappa shape index (κ2) is 5.34. The average Bonchev–Trinajstić information content (AvgIpc) is 2.31. The number of carbonyl (C=O) groups is 1. The van der Waals surface area contributed by atoms with Crippen LogP contribution >= 0.6 is 27.7 Å². The van der Waals surface area contributed by atoms with Crippen molar-refractivity contribution in [2.45, 2.75) is 11.7 Å². The number of hydrogen-bond acceptors (Lipinski definition) is 3. The maximum absolute atomic E-state index is 13.9. The first kappa shape index (κ1) is 14.1. The summed E-state index contributed by atoms with van der Waals surface area (Å²) >= 11 is 4.45. The van der Waals surface area contributed by atoms with Crippen LogP contribution in [0.2, 0.25) is 0 Å². The Labute approximate surface area is 121 Å². The fourth-order valence-corrected chi connectivity index (χ4v) is 3.09. The van der Waals surface area contributed by atoms with E-state index in [2.05, 4.69) is 26.2 Å². The van der Waals surface area contributed by atoms with Gasteiger partial charge in [-0.3, -0.25) is 5.32 Å². The third kappa shape index (κ3) is 3.16. The summed E-state index contributed by atoms with van der Waals surface area (Å²) in [6, 6.07) is 4.66. The van der Waals surface area contributed by atoms with Crippen molar-refractivity contribution >= 4 is 39.0 Å². The molecule has 0 spiro atoms. The third-order valence-corrected chi connectivity index (χ3v) is 4.24. The largest absolute Gasteiger partial charge is 0.465 e. The molecule has 100 valence electrons. The summed E-state index contributed by atoms with van der Waals surface area (Å²) in [5.41, 5.74) is 0.461. The lowest BCUT2D eigenvalue weighted by molar-refractivity contribution is 0.200. The van der Waals surface area contributed by atoms with Crippen molar-refractivity contribution < 1.29 is 14.3 Å². The first-order valence-electron chi connectivity index (χ1n) is 5.31. The Balaban J connectivity index is 2.34. The van der Waals surface area contributed by atoms with Crippen LogP contribution in [0.5, 0.6) is 0 Å². The van der Waals surface area contributed by atoms with Crippen LogP contribution in [0.3, 0.4) is 0 Å². The van der Waals surface area contributed by atoms with Gasteiger partial charge >= 0.3 is 6.09 Å². The number of amidine groups is 1. The molecule has 1 unspecified atom stereocenters. The zero-order valence-corrected chi connectivity index (χ0v) is 12.3. The van der Waals surface area contributed by atoms with Gasteiger partial charge in [-0.2, -0.15) is 0 Å². The highest BCUT2D eigenvalue weighted by Gasteiger charge is 2.32. The molecule has 1 aromatic rings. The monoisotopic (exact) mass is 344 g/mol. The molecule has 4 nitrogen and oxygen atoms in total. The van der Waals surface area contributed by atoms with Crippen molar-refractivity contribution in [3.63, 3.8) is 0 Å². The van der Waals surface area contributed by atoms with Crippen LogP contribution in [0.1, 0.15) is 12.5 Å². The number of aliphatic imine (C=N–C) groups is 1. The highest BCUT2D eigenvalue weighted by atomic mass is 79.9. The van der Waals surface area contributed by atoms with Gasteiger partial charge < -0.3 is 5.11 Å². The fourth-order valence-electron chi connectivity index (χ4n) is 1.68. The number of carboxylic acid groups (broad SMARTS) is 1. The van der Waals surface area contributed by atoms with E-state index in [0.29, 0.717) is 5.56 Å². The molecule has 2 rings (SSSR count). The molecule has 0 bridgehead atoms. The highest BCUT2D eigenvalue weighted by molar-refractivity contribution is 9.10. The lowest BCUT2D eigenvalue weighted by Gasteiger charge is -2.28. The standard InChI is InChI=1S/C12H10BrFN2O2S/c1-12(8-6-7(13)2-3-9(8)14)4-5-15-10(19-12)16-11(17)18/h2-6H,1H3,(H,15,16)(H,17,18). The zero-order chi connectivity index (χ0) is 14.0. The van der Waals surface area contributed by atoms with E-state index in [-0.39, 0.29) is 11.0 Å². The summed E-state index contributed by atoms with van der Waals surface area (Å²) in [5, 5.41) is 11.1. The van der Waals surface area contributed by atoms with Crippen LogP contribution in [0.25, 0.3) is 0 Å². The average molecular weight is 345 g/mol. The second-order valence-electron chi connectivity index (χ2n) is 4.01. The number of nitrogens with zero attached hydrogens (tertiary/aromatic N) is 1. The number of halogens is 2. The molecule has 0 aliphatic carbocycles. The minimum atomic E-state index is -1.20. The highest BCUT2D eigenvalue weighted by Crippen LogP contribution is 2.42. The van der Waals surface area contributed by atoms with Crippen LogP contribution in [0, 0.1) is 5.82 Å². The van der Waals surface area contributed by atoms with Crippen molar-refractivity contribution in [3.8, 4) is 0 Å². The molecule has 19 heavy (non-hydrogen) atoms. The van der Waals surface area contributed by atoms with Crippen LogP contribution in [0.15, 0.2) is 39.9 Å². The Hall–Kier alpha value is -1.34. The van der Waals surface area contributed by atoms with E-state index in [9.17, 15) is 9.18 Å². The van der Waals surface area contributed by atoms with E-state index in [4.69, 9.17) is 5.11 Å². The van der Waals surface area contributed by atoms with E-state index in [0.717, 1.165) is 16.2 Å².